The lowest BCUT2D eigenvalue weighted by Gasteiger charge is -2.38. The van der Waals surface area contributed by atoms with Gasteiger partial charge in [-0.15, -0.1) is 11.3 Å². The maximum absolute atomic E-state index is 14.0. The summed E-state index contributed by atoms with van der Waals surface area (Å²) in [7, 11) is 0. The minimum absolute atomic E-state index is 0.0246. The first-order chi connectivity index (χ1) is 17.9. The molecule has 37 heavy (non-hydrogen) atoms. The second kappa shape index (κ2) is 10.8. The highest BCUT2D eigenvalue weighted by atomic mass is 32.1. The van der Waals surface area contributed by atoms with Crippen LogP contribution in [-0.4, -0.2) is 70.7 Å². The van der Waals surface area contributed by atoms with E-state index in [-0.39, 0.29) is 34.9 Å². The molecule has 8 nitrogen and oxygen atoms in total. The zero-order valence-corrected chi connectivity index (χ0v) is 21.0. The van der Waals surface area contributed by atoms with Crippen molar-refractivity contribution in [3.05, 3.63) is 97.5 Å². The van der Waals surface area contributed by atoms with Gasteiger partial charge in [0.1, 0.15) is 5.82 Å². The quantitative estimate of drug-likeness (QED) is 0.359. The van der Waals surface area contributed by atoms with Crippen LogP contribution in [0.15, 0.2) is 60.0 Å². The zero-order valence-electron chi connectivity index (χ0n) is 20.2. The number of piperazine rings is 1. The Kier molecular flexibility index (Phi) is 7.29. The number of fused-ring (bicyclic) bond motifs is 1. The Bertz CT molecular complexity index is 1320. The van der Waals surface area contributed by atoms with Gasteiger partial charge in [0.15, 0.2) is 0 Å². The van der Waals surface area contributed by atoms with Gasteiger partial charge in [0, 0.05) is 68.3 Å². The summed E-state index contributed by atoms with van der Waals surface area (Å²) in [5.74, 6) is -0.515. The van der Waals surface area contributed by atoms with Crippen molar-refractivity contribution >= 4 is 28.8 Å². The van der Waals surface area contributed by atoms with E-state index in [4.69, 9.17) is 0 Å². The van der Waals surface area contributed by atoms with Crippen LogP contribution in [-0.2, 0) is 11.2 Å². The molecule has 0 radical (unpaired) electrons. The minimum Gasteiger partial charge on any atom is -0.339 e. The van der Waals surface area contributed by atoms with Crippen molar-refractivity contribution < 1.29 is 18.9 Å². The van der Waals surface area contributed by atoms with Crippen LogP contribution >= 0.6 is 11.3 Å². The van der Waals surface area contributed by atoms with Crippen molar-refractivity contribution in [3.63, 3.8) is 0 Å². The number of halogens is 1. The third-order valence-electron chi connectivity index (χ3n) is 7.07. The number of benzene rings is 2. The smallest absolute Gasteiger partial charge is 0.270 e. The molecule has 0 spiro atoms. The lowest BCUT2D eigenvalue weighted by Crippen LogP contribution is -2.51. The van der Waals surface area contributed by atoms with E-state index in [0.717, 1.165) is 18.5 Å². The molecule has 192 valence electrons. The van der Waals surface area contributed by atoms with Crippen LogP contribution in [0.25, 0.3) is 0 Å². The van der Waals surface area contributed by atoms with E-state index in [1.807, 2.05) is 6.07 Å². The highest BCUT2D eigenvalue weighted by molar-refractivity contribution is 7.10. The predicted molar refractivity (Wildman–Crippen MR) is 138 cm³/mol. The Hall–Kier alpha value is -3.63. The SMILES string of the molecule is O=C(CCN1CCc2sccc2[C@@H]1c1cccc(F)c1)N1CCN(C(=O)c2cccc([N+](=O)[O-])c2)CC1. The normalized spacial score (nSPS) is 17.9. The molecule has 2 amide bonds. The molecule has 0 N–H and O–H groups in total. The molecule has 3 aromatic rings. The number of non-ortho nitro benzene ring substituents is 1. The fourth-order valence-corrected chi connectivity index (χ4v) is 6.07. The van der Waals surface area contributed by atoms with Gasteiger partial charge in [-0.05, 0) is 47.2 Å². The van der Waals surface area contributed by atoms with Gasteiger partial charge in [-0.3, -0.25) is 24.6 Å². The van der Waals surface area contributed by atoms with Crippen molar-refractivity contribution in [2.75, 3.05) is 39.3 Å². The number of hydrogen-bond acceptors (Lipinski definition) is 6. The summed E-state index contributed by atoms with van der Waals surface area (Å²) in [6.07, 6.45) is 1.25. The van der Waals surface area contributed by atoms with E-state index in [1.165, 1.54) is 34.7 Å². The van der Waals surface area contributed by atoms with Crippen molar-refractivity contribution in [1.29, 1.82) is 0 Å². The summed E-state index contributed by atoms with van der Waals surface area (Å²) in [6, 6.07) is 14.4. The molecule has 1 fully saturated rings. The largest absolute Gasteiger partial charge is 0.339 e. The topological polar surface area (TPSA) is 87.0 Å². The summed E-state index contributed by atoms with van der Waals surface area (Å²) in [5, 5.41) is 13.1. The summed E-state index contributed by atoms with van der Waals surface area (Å²) >= 11 is 1.72. The molecule has 2 aromatic carbocycles. The number of hydrogen-bond donors (Lipinski definition) is 0. The van der Waals surface area contributed by atoms with Gasteiger partial charge in [-0.2, -0.15) is 0 Å². The lowest BCUT2D eigenvalue weighted by molar-refractivity contribution is -0.384. The van der Waals surface area contributed by atoms with Crippen LogP contribution < -0.4 is 0 Å². The number of rotatable bonds is 6. The minimum atomic E-state index is -0.520. The number of nitro benzene ring substituents is 1. The molecule has 1 saturated heterocycles. The van der Waals surface area contributed by atoms with Gasteiger partial charge in [0.25, 0.3) is 11.6 Å². The molecule has 0 aliphatic carbocycles. The van der Waals surface area contributed by atoms with E-state index in [0.29, 0.717) is 39.1 Å². The molecule has 2 aliphatic heterocycles. The molecule has 0 bridgehead atoms. The number of amides is 2. The summed E-state index contributed by atoms with van der Waals surface area (Å²) in [6.45, 7) is 2.95. The molecule has 1 aromatic heterocycles. The lowest BCUT2D eigenvalue weighted by atomic mass is 9.93. The first-order valence-corrected chi connectivity index (χ1v) is 13.2. The number of carbonyl (C=O) groups excluding carboxylic acids is 2. The van der Waals surface area contributed by atoms with Crippen LogP contribution in [0, 0.1) is 15.9 Å². The van der Waals surface area contributed by atoms with Crippen molar-refractivity contribution in [2.45, 2.75) is 18.9 Å². The number of nitro groups is 1. The highest BCUT2D eigenvalue weighted by Gasteiger charge is 2.31. The fraction of sp³-hybridized carbons (Fsp3) is 0.333. The second-order valence-electron chi connectivity index (χ2n) is 9.27. The average Bonchev–Trinajstić information content (AvgIpc) is 3.40. The summed E-state index contributed by atoms with van der Waals surface area (Å²) < 4.78 is 14.0. The molecular formula is C27H27FN4O4S. The summed E-state index contributed by atoms with van der Waals surface area (Å²) in [4.78, 5) is 43.4. The fourth-order valence-electron chi connectivity index (χ4n) is 5.17. The van der Waals surface area contributed by atoms with Gasteiger partial charge < -0.3 is 9.80 Å². The third kappa shape index (κ3) is 5.40. The molecule has 2 aliphatic rings. The molecule has 0 saturated carbocycles. The number of carbonyl (C=O) groups is 2. The van der Waals surface area contributed by atoms with Crippen LogP contribution in [0.4, 0.5) is 10.1 Å². The maximum Gasteiger partial charge on any atom is 0.270 e. The summed E-state index contributed by atoms with van der Waals surface area (Å²) in [5.41, 5.74) is 2.22. The van der Waals surface area contributed by atoms with Crippen molar-refractivity contribution in [3.8, 4) is 0 Å². The Morgan fingerprint density at radius 1 is 1.00 bits per heavy atom. The molecule has 5 rings (SSSR count). The average molecular weight is 523 g/mol. The first kappa shape index (κ1) is 25.0. The maximum atomic E-state index is 14.0. The predicted octanol–water partition coefficient (Wildman–Crippen LogP) is 4.12. The second-order valence-corrected chi connectivity index (χ2v) is 10.3. The molecule has 0 unspecified atom stereocenters. The van der Waals surface area contributed by atoms with Crippen LogP contribution in [0.2, 0.25) is 0 Å². The van der Waals surface area contributed by atoms with E-state index >= 15 is 0 Å². The highest BCUT2D eigenvalue weighted by Crippen LogP contribution is 2.38. The Morgan fingerprint density at radius 2 is 1.76 bits per heavy atom. The van der Waals surface area contributed by atoms with Crippen LogP contribution in [0.5, 0.6) is 0 Å². The van der Waals surface area contributed by atoms with E-state index in [9.17, 15) is 24.1 Å². The Labute approximate surface area is 218 Å². The van der Waals surface area contributed by atoms with Gasteiger partial charge in [0.05, 0.1) is 11.0 Å². The molecule has 1 atom stereocenters. The van der Waals surface area contributed by atoms with Gasteiger partial charge >= 0.3 is 0 Å². The van der Waals surface area contributed by atoms with Gasteiger partial charge in [-0.1, -0.05) is 18.2 Å². The number of nitrogens with zero attached hydrogens (tertiary/aromatic N) is 4. The zero-order chi connectivity index (χ0) is 25.9. The Morgan fingerprint density at radius 3 is 2.51 bits per heavy atom. The van der Waals surface area contributed by atoms with Crippen molar-refractivity contribution in [1.82, 2.24) is 14.7 Å². The van der Waals surface area contributed by atoms with E-state index < -0.39 is 4.92 Å². The van der Waals surface area contributed by atoms with E-state index in [1.54, 1.807) is 39.3 Å². The number of thiophene rings is 1. The van der Waals surface area contributed by atoms with E-state index in [2.05, 4.69) is 16.3 Å². The van der Waals surface area contributed by atoms with Gasteiger partial charge in [0.2, 0.25) is 5.91 Å². The van der Waals surface area contributed by atoms with Gasteiger partial charge in [-0.25, -0.2) is 4.39 Å². The standard InChI is InChI=1S/C27H27FN4O4S/c28-21-5-1-3-19(17-21)26-23-9-16-37-24(23)7-10-30(26)11-8-25(33)29-12-14-31(15-13-29)27(34)20-4-2-6-22(18-20)32(35)36/h1-6,9,16-18,26H,7-8,10-15H2/t26-/m0/s1. The monoisotopic (exact) mass is 522 g/mol. The third-order valence-corrected chi connectivity index (χ3v) is 8.06. The molecule has 10 heteroatoms. The Balaban J connectivity index is 1.19. The van der Waals surface area contributed by atoms with Crippen molar-refractivity contribution in [2.24, 2.45) is 0 Å². The molecule has 3 heterocycles. The van der Waals surface area contributed by atoms with Crippen LogP contribution in [0.1, 0.15) is 38.8 Å². The molecular weight excluding hydrogens is 495 g/mol. The first-order valence-electron chi connectivity index (χ1n) is 12.3. The van der Waals surface area contributed by atoms with Crippen LogP contribution in [0.3, 0.4) is 0 Å².